The highest BCUT2D eigenvalue weighted by Crippen LogP contribution is 2.55. The number of aryl methyl sites for hydroxylation is 1. The van der Waals surface area contributed by atoms with Crippen molar-refractivity contribution in [3.8, 4) is 0 Å². The van der Waals surface area contributed by atoms with E-state index in [2.05, 4.69) is 31.2 Å². The maximum absolute atomic E-state index is 9.14. The number of aliphatic hydroxyl groups is 1. The molecule has 0 radical (unpaired) electrons. The van der Waals surface area contributed by atoms with Gasteiger partial charge in [0.15, 0.2) is 0 Å². The Hall–Kier alpha value is -0.510. The summed E-state index contributed by atoms with van der Waals surface area (Å²) in [5.74, 6) is 0.382. The van der Waals surface area contributed by atoms with Crippen LogP contribution in [0.5, 0.6) is 0 Å². The highest BCUT2D eigenvalue weighted by atomic mass is 32.2. The molecule has 0 amide bonds. The third kappa shape index (κ3) is 2.19. The van der Waals surface area contributed by atoms with E-state index < -0.39 is 0 Å². The van der Waals surface area contributed by atoms with Crippen molar-refractivity contribution in [3.63, 3.8) is 0 Å². The lowest BCUT2D eigenvalue weighted by molar-refractivity contribution is 0.272. The molecule has 1 aromatic rings. The number of rotatable bonds is 4. The summed E-state index contributed by atoms with van der Waals surface area (Å²) in [6.07, 6.45) is 1.04. The number of benzene rings is 1. The fourth-order valence-corrected chi connectivity index (χ4v) is 3.39. The predicted octanol–water partition coefficient (Wildman–Crippen LogP) is 1.80. The first-order valence-electron chi connectivity index (χ1n) is 5.27. The van der Waals surface area contributed by atoms with E-state index >= 15 is 0 Å². The molecule has 2 nitrogen and oxygen atoms in total. The summed E-state index contributed by atoms with van der Waals surface area (Å²) >= 11 is 1.82. The third-order valence-electron chi connectivity index (χ3n) is 3.05. The SMILES string of the molecule is Cc1cccc(SC2(CN)CC2CO)c1. The van der Waals surface area contributed by atoms with E-state index in [1.807, 2.05) is 11.8 Å². The third-order valence-corrected chi connectivity index (χ3v) is 4.62. The normalized spacial score (nSPS) is 29.1. The van der Waals surface area contributed by atoms with E-state index in [9.17, 15) is 0 Å². The first-order valence-corrected chi connectivity index (χ1v) is 6.08. The van der Waals surface area contributed by atoms with E-state index in [1.54, 1.807) is 0 Å². The van der Waals surface area contributed by atoms with E-state index in [0.717, 1.165) is 6.42 Å². The molecule has 15 heavy (non-hydrogen) atoms. The van der Waals surface area contributed by atoms with Crippen molar-refractivity contribution >= 4 is 11.8 Å². The van der Waals surface area contributed by atoms with Crippen LogP contribution in [0.1, 0.15) is 12.0 Å². The Bertz CT molecular complexity index is 355. The summed E-state index contributed by atoms with van der Waals surface area (Å²) in [4.78, 5) is 1.26. The zero-order valence-electron chi connectivity index (χ0n) is 8.94. The van der Waals surface area contributed by atoms with Gasteiger partial charge in [0.2, 0.25) is 0 Å². The lowest BCUT2D eigenvalue weighted by Gasteiger charge is -2.14. The van der Waals surface area contributed by atoms with Crippen LogP contribution in [0.2, 0.25) is 0 Å². The minimum atomic E-state index is 0.0997. The molecule has 1 aliphatic rings. The highest BCUT2D eigenvalue weighted by Gasteiger charge is 2.53. The van der Waals surface area contributed by atoms with Gasteiger partial charge in [-0.15, -0.1) is 11.8 Å². The van der Waals surface area contributed by atoms with Gasteiger partial charge in [-0.2, -0.15) is 0 Å². The minimum absolute atomic E-state index is 0.0997. The quantitative estimate of drug-likeness (QED) is 0.818. The van der Waals surface area contributed by atoms with Crippen LogP contribution in [0.4, 0.5) is 0 Å². The Morgan fingerprint density at radius 3 is 2.93 bits per heavy atom. The van der Waals surface area contributed by atoms with Crippen molar-refractivity contribution in [2.45, 2.75) is 23.0 Å². The summed E-state index contributed by atoms with van der Waals surface area (Å²) in [5, 5.41) is 9.14. The van der Waals surface area contributed by atoms with Crippen molar-refractivity contribution < 1.29 is 5.11 Å². The molecule has 0 spiro atoms. The molecular weight excluding hydrogens is 206 g/mol. The zero-order valence-corrected chi connectivity index (χ0v) is 9.76. The second-order valence-corrected chi connectivity index (χ2v) is 5.76. The van der Waals surface area contributed by atoms with E-state index in [4.69, 9.17) is 10.8 Å². The van der Waals surface area contributed by atoms with E-state index in [0.29, 0.717) is 12.5 Å². The number of nitrogens with two attached hydrogens (primary N) is 1. The standard InChI is InChI=1S/C12H17NOS/c1-9-3-2-4-11(5-9)15-12(8-13)6-10(12)7-14/h2-5,10,14H,6-8,13H2,1H3. The molecule has 0 heterocycles. The van der Waals surface area contributed by atoms with Crippen LogP contribution in [-0.4, -0.2) is 23.0 Å². The number of thioether (sulfide) groups is 1. The van der Waals surface area contributed by atoms with Crippen LogP contribution in [-0.2, 0) is 0 Å². The van der Waals surface area contributed by atoms with Crippen LogP contribution < -0.4 is 5.73 Å². The molecule has 2 unspecified atom stereocenters. The molecule has 0 aromatic heterocycles. The van der Waals surface area contributed by atoms with Gasteiger partial charge in [-0.1, -0.05) is 17.7 Å². The molecule has 82 valence electrons. The van der Waals surface area contributed by atoms with E-state index in [-0.39, 0.29) is 11.4 Å². The summed E-state index contributed by atoms with van der Waals surface area (Å²) in [7, 11) is 0. The number of hydrogen-bond acceptors (Lipinski definition) is 3. The molecule has 1 fully saturated rings. The lowest BCUT2D eigenvalue weighted by Crippen LogP contribution is -2.21. The fourth-order valence-electron chi connectivity index (χ4n) is 1.92. The van der Waals surface area contributed by atoms with Gasteiger partial charge in [0.05, 0.1) is 0 Å². The summed E-state index contributed by atoms with van der Waals surface area (Å²) in [5.41, 5.74) is 7.06. The second-order valence-electron chi connectivity index (χ2n) is 4.27. The Morgan fingerprint density at radius 1 is 1.60 bits per heavy atom. The first kappa shape index (κ1) is 11.0. The Morgan fingerprint density at radius 2 is 2.40 bits per heavy atom. The molecule has 0 aliphatic heterocycles. The van der Waals surface area contributed by atoms with Crippen molar-refractivity contribution in [2.75, 3.05) is 13.2 Å². The molecule has 0 saturated heterocycles. The topological polar surface area (TPSA) is 46.2 Å². The maximum Gasteiger partial charge on any atom is 0.0473 e. The van der Waals surface area contributed by atoms with Gasteiger partial charge in [-0.25, -0.2) is 0 Å². The molecule has 2 atom stereocenters. The number of aliphatic hydroxyl groups excluding tert-OH is 1. The van der Waals surface area contributed by atoms with Gasteiger partial charge in [0, 0.05) is 22.8 Å². The molecule has 2 rings (SSSR count). The summed E-state index contributed by atoms with van der Waals surface area (Å²) in [6.45, 7) is 3.00. The van der Waals surface area contributed by atoms with Crippen LogP contribution >= 0.6 is 11.8 Å². The van der Waals surface area contributed by atoms with Crippen molar-refractivity contribution in [1.29, 1.82) is 0 Å². The van der Waals surface area contributed by atoms with Crippen LogP contribution in [0, 0.1) is 12.8 Å². The summed E-state index contributed by atoms with van der Waals surface area (Å²) in [6, 6.07) is 8.45. The second kappa shape index (κ2) is 4.16. The number of hydrogen-bond donors (Lipinski definition) is 2. The molecule has 0 bridgehead atoms. The Kier molecular flexibility index (Phi) is 3.05. The maximum atomic E-state index is 9.14. The van der Waals surface area contributed by atoms with Crippen molar-refractivity contribution in [1.82, 2.24) is 0 Å². The van der Waals surface area contributed by atoms with Crippen LogP contribution in [0.25, 0.3) is 0 Å². The van der Waals surface area contributed by atoms with Gasteiger partial charge in [0.1, 0.15) is 0 Å². The largest absolute Gasteiger partial charge is 0.396 e. The highest BCUT2D eigenvalue weighted by molar-refractivity contribution is 8.01. The molecule has 1 aliphatic carbocycles. The van der Waals surface area contributed by atoms with Gasteiger partial charge < -0.3 is 10.8 Å². The first-order chi connectivity index (χ1) is 7.20. The molecular formula is C12H17NOS. The minimum Gasteiger partial charge on any atom is -0.396 e. The fraction of sp³-hybridized carbons (Fsp3) is 0.500. The van der Waals surface area contributed by atoms with Gasteiger partial charge in [0.25, 0.3) is 0 Å². The Balaban J connectivity index is 2.08. The van der Waals surface area contributed by atoms with Crippen molar-refractivity contribution in [3.05, 3.63) is 29.8 Å². The van der Waals surface area contributed by atoms with Gasteiger partial charge >= 0.3 is 0 Å². The van der Waals surface area contributed by atoms with Crippen LogP contribution in [0.15, 0.2) is 29.2 Å². The van der Waals surface area contributed by atoms with Gasteiger partial charge in [-0.05, 0) is 31.4 Å². The van der Waals surface area contributed by atoms with Crippen LogP contribution in [0.3, 0.4) is 0 Å². The zero-order chi connectivity index (χ0) is 10.9. The van der Waals surface area contributed by atoms with Crippen molar-refractivity contribution in [2.24, 2.45) is 11.7 Å². The summed E-state index contributed by atoms with van der Waals surface area (Å²) < 4.78 is 0.0997. The molecule has 3 heteroatoms. The molecule has 1 aromatic carbocycles. The van der Waals surface area contributed by atoms with E-state index in [1.165, 1.54) is 10.5 Å². The molecule has 1 saturated carbocycles. The Labute approximate surface area is 94.9 Å². The average Bonchev–Trinajstić information content (AvgIpc) is 2.92. The molecule has 3 N–H and O–H groups in total. The smallest absolute Gasteiger partial charge is 0.0473 e. The average molecular weight is 223 g/mol. The predicted molar refractivity (Wildman–Crippen MR) is 64.0 cm³/mol. The lowest BCUT2D eigenvalue weighted by atomic mass is 10.2. The monoisotopic (exact) mass is 223 g/mol. The van der Waals surface area contributed by atoms with Gasteiger partial charge in [-0.3, -0.25) is 0 Å².